The maximum Gasteiger partial charge on any atom is 0.248 e. The number of nitrogens with two attached hydrogens (primary N) is 2. The van der Waals surface area contributed by atoms with Crippen LogP contribution in [0.4, 0.5) is 0 Å². The molecule has 4 N–H and O–H groups in total. The molecule has 1 aromatic carbocycles. The molecular weight excluding hydrogens is 214 g/mol. The summed E-state index contributed by atoms with van der Waals surface area (Å²) in [6.45, 7) is 2.85. The van der Waals surface area contributed by atoms with Crippen molar-refractivity contribution in [3.05, 3.63) is 35.4 Å². The Hall–Kier alpha value is -1.39. The maximum atomic E-state index is 11.1. The number of likely N-dealkylation sites (tertiary alicyclic amines) is 1. The zero-order valence-corrected chi connectivity index (χ0v) is 9.93. The average molecular weight is 233 g/mol. The van der Waals surface area contributed by atoms with Crippen molar-refractivity contribution in [3.8, 4) is 0 Å². The van der Waals surface area contributed by atoms with Gasteiger partial charge in [0.15, 0.2) is 0 Å². The van der Waals surface area contributed by atoms with Crippen LogP contribution in [-0.2, 0) is 6.54 Å². The fourth-order valence-corrected chi connectivity index (χ4v) is 2.32. The number of hydrogen-bond donors (Lipinski definition) is 2. The first-order chi connectivity index (χ1) is 8.15. The van der Waals surface area contributed by atoms with Gasteiger partial charge >= 0.3 is 0 Å². The predicted octanol–water partition coefficient (Wildman–Crippen LogP) is 0.709. The smallest absolute Gasteiger partial charge is 0.248 e. The Morgan fingerprint density at radius 3 is 3.00 bits per heavy atom. The number of carbonyl (C=O) groups excluding carboxylic acids is 1. The standard InChI is InChI=1S/C13H19N3O/c14-12-5-2-6-16(9-12)8-10-3-1-4-11(7-10)13(15)17/h1,3-4,7,12H,2,5-6,8-9,14H2,(H2,15,17). The zero-order chi connectivity index (χ0) is 12.3. The largest absolute Gasteiger partial charge is 0.366 e. The molecule has 1 atom stereocenters. The lowest BCUT2D eigenvalue weighted by Gasteiger charge is -2.30. The van der Waals surface area contributed by atoms with E-state index >= 15 is 0 Å². The molecule has 1 amide bonds. The van der Waals surface area contributed by atoms with Crippen molar-refractivity contribution < 1.29 is 4.79 Å². The number of primary amides is 1. The fourth-order valence-electron chi connectivity index (χ4n) is 2.32. The van der Waals surface area contributed by atoms with Gasteiger partial charge in [-0.2, -0.15) is 0 Å². The van der Waals surface area contributed by atoms with Gasteiger partial charge < -0.3 is 11.5 Å². The van der Waals surface area contributed by atoms with E-state index in [1.54, 1.807) is 6.07 Å². The Kier molecular flexibility index (Phi) is 3.76. The summed E-state index contributed by atoms with van der Waals surface area (Å²) in [6, 6.07) is 7.78. The van der Waals surface area contributed by atoms with Crippen LogP contribution in [0.5, 0.6) is 0 Å². The zero-order valence-electron chi connectivity index (χ0n) is 9.93. The molecule has 0 radical (unpaired) electrons. The molecule has 1 aliphatic heterocycles. The second-order valence-corrected chi connectivity index (χ2v) is 4.70. The first-order valence-corrected chi connectivity index (χ1v) is 6.02. The van der Waals surface area contributed by atoms with E-state index in [0.29, 0.717) is 5.56 Å². The number of nitrogens with zero attached hydrogens (tertiary/aromatic N) is 1. The molecule has 0 bridgehead atoms. The molecule has 2 rings (SSSR count). The molecule has 0 saturated carbocycles. The van der Waals surface area contributed by atoms with Gasteiger partial charge in [0.1, 0.15) is 0 Å². The van der Waals surface area contributed by atoms with Gasteiger partial charge in [-0.15, -0.1) is 0 Å². The van der Waals surface area contributed by atoms with Gasteiger partial charge in [-0.25, -0.2) is 0 Å². The van der Waals surface area contributed by atoms with Crippen molar-refractivity contribution in [3.63, 3.8) is 0 Å². The van der Waals surface area contributed by atoms with E-state index in [4.69, 9.17) is 11.5 Å². The van der Waals surface area contributed by atoms with E-state index in [-0.39, 0.29) is 11.9 Å². The third-order valence-corrected chi connectivity index (χ3v) is 3.16. The molecule has 1 unspecified atom stereocenters. The van der Waals surface area contributed by atoms with Gasteiger partial charge in [0, 0.05) is 24.7 Å². The lowest BCUT2D eigenvalue weighted by Crippen LogP contribution is -2.42. The quantitative estimate of drug-likeness (QED) is 0.807. The molecule has 17 heavy (non-hydrogen) atoms. The lowest BCUT2D eigenvalue weighted by atomic mass is 10.0. The monoisotopic (exact) mass is 233 g/mol. The summed E-state index contributed by atoms with van der Waals surface area (Å²) >= 11 is 0. The van der Waals surface area contributed by atoms with E-state index in [1.807, 2.05) is 18.2 Å². The fraction of sp³-hybridized carbons (Fsp3) is 0.462. The van der Waals surface area contributed by atoms with E-state index < -0.39 is 0 Å². The molecule has 4 nitrogen and oxygen atoms in total. The van der Waals surface area contributed by atoms with Crippen molar-refractivity contribution in [2.24, 2.45) is 11.5 Å². The SMILES string of the molecule is NC(=O)c1cccc(CN2CCCC(N)C2)c1. The lowest BCUT2D eigenvalue weighted by molar-refractivity contribution is 0.1000. The van der Waals surface area contributed by atoms with Crippen LogP contribution >= 0.6 is 0 Å². The highest BCUT2D eigenvalue weighted by molar-refractivity contribution is 5.92. The first kappa shape index (κ1) is 12.1. The van der Waals surface area contributed by atoms with E-state index in [0.717, 1.165) is 38.0 Å². The number of amides is 1. The summed E-state index contributed by atoms with van der Waals surface area (Å²) in [4.78, 5) is 13.4. The van der Waals surface area contributed by atoms with Crippen LogP contribution in [0.2, 0.25) is 0 Å². The second kappa shape index (κ2) is 5.29. The van der Waals surface area contributed by atoms with Gasteiger partial charge in [-0.05, 0) is 37.1 Å². The van der Waals surface area contributed by atoms with Gasteiger partial charge in [-0.3, -0.25) is 9.69 Å². The van der Waals surface area contributed by atoms with Crippen molar-refractivity contribution in [2.75, 3.05) is 13.1 Å². The highest BCUT2D eigenvalue weighted by Crippen LogP contribution is 2.13. The summed E-state index contributed by atoms with van der Waals surface area (Å²) in [6.07, 6.45) is 2.26. The average Bonchev–Trinajstić information content (AvgIpc) is 2.29. The Morgan fingerprint density at radius 1 is 1.47 bits per heavy atom. The number of benzene rings is 1. The minimum absolute atomic E-state index is 0.281. The molecule has 0 aliphatic carbocycles. The molecule has 1 heterocycles. The molecule has 1 aliphatic rings. The van der Waals surface area contributed by atoms with Crippen LogP contribution in [0.25, 0.3) is 0 Å². The Morgan fingerprint density at radius 2 is 2.29 bits per heavy atom. The van der Waals surface area contributed by atoms with Gasteiger partial charge in [0.05, 0.1) is 0 Å². The van der Waals surface area contributed by atoms with Crippen LogP contribution in [0, 0.1) is 0 Å². The Bertz CT molecular complexity index is 405. The summed E-state index contributed by atoms with van der Waals surface area (Å²) in [5, 5.41) is 0. The second-order valence-electron chi connectivity index (χ2n) is 4.70. The molecule has 92 valence electrons. The van der Waals surface area contributed by atoms with E-state index in [9.17, 15) is 4.79 Å². The van der Waals surface area contributed by atoms with Crippen molar-refractivity contribution in [1.82, 2.24) is 4.90 Å². The molecular formula is C13H19N3O. The van der Waals surface area contributed by atoms with E-state index in [2.05, 4.69) is 4.90 Å². The van der Waals surface area contributed by atoms with Crippen molar-refractivity contribution in [2.45, 2.75) is 25.4 Å². The van der Waals surface area contributed by atoms with Gasteiger partial charge in [0.25, 0.3) is 0 Å². The summed E-state index contributed by atoms with van der Waals surface area (Å²) in [7, 11) is 0. The van der Waals surface area contributed by atoms with E-state index in [1.165, 1.54) is 0 Å². The predicted molar refractivity (Wildman–Crippen MR) is 67.4 cm³/mol. The molecule has 4 heteroatoms. The Balaban J connectivity index is 2.02. The minimum Gasteiger partial charge on any atom is -0.366 e. The number of hydrogen-bond acceptors (Lipinski definition) is 3. The highest BCUT2D eigenvalue weighted by Gasteiger charge is 2.16. The highest BCUT2D eigenvalue weighted by atomic mass is 16.1. The molecule has 0 spiro atoms. The number of piperidine rings is 1. The van der Waals surface area contributed by atoms with Crippen LogP contribution < -0.4 is 11.5 Å². The van der Waals surface area contributed by atoms with Crippen molar-refractivity contribution >= 4 is 5.91 Å². The minimum atomic E-state index is -0.373. The Labute approximate surface area is 102 Å². The van der Waals surface area contributed by atoms with Gasteiger partial charge in [-0.1, -0.05) is 12.1 Å². The normalized spacial score (nSPS) is 21.4. The molecule has 1 fully saturated rings. The van der Waals surface area contributed by atoms with Crippen LogP contribution in [0.15, 0.2) is 24.3 Å². The maximum absolute atomic E-state index is 11.1. The first-order valence-electron chi connectivity index (χ1n) is 6.02. The third-order valence-electron chi connectivity index (χ3n) is 3.16. The summed E-state index contributed by atoms with van der Waals surface area (Å²) in [5.41, 5.74) is 12.9. The molecule has 1 aromatic rings. The van der Waals surface area contributed by atoms with Crippen LogP contribution in [-0.4, -0.2) is 29.9 Å². The molecule has 1 saturated heterocycles. The summed E-state index contributed by atoms with van der Waals surface area (Å²) in [5.74, 6) is -0.373. The summed E-state index contributed by atoms with van der Waals surface area (Å²) < 4.78 is 0. The van der Waals surface area contributed by atoms with Crippen LogP contribution in [0.3, 0.4) is 0 Å². The van der Waals surface area contributed by atoms with Crippen LogP contribution in [0.1, 0.15) is 28.8 Å². The number of rotatable bonds is 3. The van der Waals surface area contributed by atoms with Crippen molar-refractivity contribution in [1.29, 1.82) is 0 Å². The molecule has 0 aromatic heterocycles. The number of carbonyl (C=O) groups is 1. The van der Waals surface area contributed by atoms with Gasteiger partial charge in [0.2, 0.25) is 5.91 Å². The topological polar surface area (TPSA) is 72.4 Å². The third kappa shape index (κ3) is 3.28.